The van der Waals surface area contributed by atoms with Crippen molar-refractivity contribution in [2.24, 2.45) is 0 Å². The third-order valence-corrected chi connectivity index (χ3v) is 3.93. The minimum absolute atomic E-state index is 0.0657. The van der Waals surface area contributed by atoms with Crippen molar-refractivity contribution in [1.82, 2.24) is 9.97 Å². The molecule has 8 heteroatoms. The molecule has 0 aliphatic heterocycles. The monoisotopic (exact) mass is 312 g/mol. The molecule has 0 atom stereocenters. The van der Waals surface area contributed by atoms with E-state index in [4.69, 9.17) is 11.6 Å². The van der Waals surface area contributed by atoms with E-state index in [1.807, 2.05) is 6.92 Å². The molecule has 0 aliphatic carbocycles. The zero-order valence-corrected chi connectivity index (χ0v) is 12.2. The van der Waals surface area contributed by atoms with Crippen molar-refractivity contribution in [3.05, 3.63) is 41.7 Å². The Kier molecular flexibility index (Phi) is 4.41. The maximum atomic E-state index is 12.1. The highest BCUT2D eigenvalue weighted by Crippen LogP contribution is 2.16. The number of pyridine rings is 2. The minimum atomic E-state index is -3.70. The van der Waals surface area contributed by atoms with Crippen LogP contribution in [0.4, 0.5) is 11.6 Å². The maximum absolute atomic E-state index is 12.1. The lowest BCUT2D eigenvalue weighted by Crippen LogP contribution is -2.14. The smallest absolute Gasteiger partial charge is 0.264 e. The standard InChI is InChI=1S/C12H13ClN4O2S/c1-2-14-11-6-4-10(8-16-11)20(18,19)17-12-5-3-9(13)7-15-12/h3-8H,2H2,1H3,(H,14,16)(H,15,17). The average molecular weight is 313 g/mol. The Balaban J connectivity index is 2.19. The van der Waals surface area contributed by atoms with Gasteiger partial charge in [0.2, 0.25) is 0 Å². The van der Waals surface area contributed by atoms with Crippen molar-refractivity contribution in [3.8, 4) is 0 Å². The van der Waals surface area contributed by atoms with Gasteiger partial charge in [-0.25, -0.2) is 18.4 Å². The summed E-state index contributed by atoms with van der Waals surface area (Å²) >= 11 is 5.69. The Bertz CT molecular complexity index is 672. The molecule has 0 bridgehead atoms. The van der Waals surface area contributed by atoms with E-state index >= 15 is 0 Å². The Morgan fingerprint density at radius 3 is 2.35 bits per heavy atom. The fraction of sp³-hybridized carbons (Fsp3) is 0.167. The normalized spacial score (nSPS) is 11.1. The Morgan fingerprint density at radius 2 is 1.80 bits per heavy atom. The van der Waals surface area contributed by atoms with E-state index < -0.39 is 10.0 Å². The van der Waals surface area contributed by atoms with Crippen molar-refractivity contribution in [1.29, 1.82) is 0 Å². The van der Waals surface area contributed by atoms with Gasteiger partial charge in [0.15, 0.2) is 0 Å². The second-order valence-corrected chi connectivity index (χ2v) is 6.00. The molecule has 0 fully saturated rings. The van der Waals surface area contributed by atoms with E-state index in [1.165, 1.54) is 24.5 Å². The summed E-state index contributed by atoms with van der Waals surface area (Å²) in [6.07, 6.45) is 2.65. The van der Waals surface area contributed by atoms with E-state index in [0.717, 1.165) is 0 Å². The first-order valence-corrected chi connectivity index (χ1v) is 7.71. The van der Waals surface area contributed by atoms with Crippen LogP contribution < -0.4 is 10.0 Å². The lowest BCUT2D eigenvalue weighted by atomic mass is 10.4. The van der Waals surface area contributed by atoms with Crippen LogP contribution in [0.15, 0.2) is 41.6 Å². The molecule has 0 spiro atoms. The molecule has 2 rings (SSSR count). The van der Waals surface area contributed by atoms with Crippen molar-refractivity contribution in [2.75, 3.05) is 16.6 Å². The molecule has 0 amide bonds. The number of hydrogen-bond donors (Lipinski definition) is 2. The number of hydrogen-bond acceptors (Lipinski definition) is 5. The summed E-state index contributed by atoms with van der Waals surface area (Å²) in [4.78, 5) is 7.97. The predicted molar refractivity (Wildman–Crippen MR) is 78.5 cm³/mol. The van der Waals surface area contributed by atoms with Gasteiger partial charge in [-0.1, -0.05) is 11.6 Å². The van der Waals surface area contributed by atoms with Gasteiger partial charge < -0.3 is 5.32 Å². The topological polar surface area (TPSA) is 84.0 Å². The number of halogens is 1. The van der Waals surface area contributed by atoms with Crippen molar-refractivity contribution < 1.29 is 8.42 Å². The summed E-state index contributed by atoms with van der Waals surface area (Å²) < 4.78 is 26.6. The van der Waals surface area contributed by atoms with E-state index in [-0.39, 0.29) is 10.7 Å². The van der Waals surface area contributed by atoms with Crippen LogP contribution in [0.5, 0.6) is 0 Å². The fourth-order valence-corrected chi connectivity index (χ4v) is 2.52. The molecule has 0 saturated carbocycles. The molecule has 0 aliphatic rings. The van der Waals surface area contributed by atoms with Crippen LogP contribution in [0.2, 0.25) is 5.02 Å². The van der Waals surface area contributed by atoms with Gasteiger partial charge in [-0.05, 0) is 31.2 Å². The van der Waals surface area contributed by atoms with E-state index in [1.54, 1.807) is 12.1 Å². The molecule has 2 aromatic rings. The van der Waals surface area contributed by atoms with E-state index in [2.05, 4.69) is 20.0 Å². The fourth-order valence-electron chi connectivity index (χ4n) is 1.46. The summed E-state index contributed by atoms with van der Waals surface area (Å²) in [7, 11) is -3.70. The minimum Gasteiger partial charge on any atom is -0.370 e. The van der Waals surface area contributed by atoms with Gasteiger partial charge in [0.05, 0.1) is 5.02 Å². The van der Waals surface area contributed by atoms with Gasteiger partial charge in [0.25, 0.3) is 10.0 Å². The van der Waals surface area contributed by atoms with Gasteiger partial charge in [-0.3, -0.25) is 4.72 Å². The molecule has 2 aromatic heterocycles. The van der Waals surface area contributed by atoms with Gasteiger partial charge in [0, 0.05) is 18.9 Å². The quantitative estimate of drug-likeness (QED) is 0.885. The lowest BCUT2D eigenvalue weighted by Gasteiger charge is -2.08. The van der Waals surface area contributed by atoms with Crippen molar-refractivity contribution in [2.45, 2.75) is 11.8 Å². The molecule has 0 radical (unpaired) electrons. The Hall–Kier alpha value is -1.86. The molecular weight excluding hydrogens is 300 g/mol. The Morgan fingerprint density at radius 1 is 1.10 bits per heavy atom. The van der Waals surface area contributed by atoms with Crippen LogP contribution in [0, 0.1) is 0 Å². The first kappa shape index (κ1) is 14.5. The largest absolute Gasteiger partial charge is 0.370 e. The van der Waals surface area contributed by atoms with Gasteiger partial charge in [-0.15, -0.1) is 0 Å². The van der Waals surface area contributed by atoms with Crippen LogP contribution >= 0.6 is 11.6 Å². The van der Waals surface area contributed by atoms with Crippen molar-refractivity contribution >= 4 is 33.3 Å². The Labute approximate surface area is 122 Å². The maximum Gasteiger partial charge on any atom is 0.264 e. The molecule has 2 heterocycles. The van der Waals surface area contributed by atoms with E-state index in [9.17, 15) is 8.42 Å². The van der Waals surface area contributed by atoms with Crippen LogP contribution in [-0.4, -0.2) is 24.9 Å². The molecular formula is C12H13ClN4O2S. The molecule has 6 nitrogen and oxygen atoms in total. The number of aromatic nitrogens is 2. The molecule has 0 aromatic carbocycles. The molecule has 20 heavy (non-hydrogen) atoms. The molecule has 0 unspecified atom stereocenters. The first-order valence-electron chi connectivity index (χ1n) is 5.85. The number of anilines is 2. The summed E-state index contributed by atoms with van der Waals surface area (Å²) in [5.74, 6) is 0.821. The average Bonchev–Trinajstić information content (AvgIpc) is 2.42. The summed E-state index contributed by atoms with van der Waals surface area (Å²) in [5.41, 5.74) is 0. The SMILES string of the molecule is CCNc1ccc(S(=O)(=O)Nc2ccc(Cl)cn2)cn1. The lowest BCUT2D eigenvalue weighted by molar-refractivity contribution is 0.600. The summed E-state index contributed by atoms with van der Waals surface area (Å²) in [6.45, 7) is 2.64. The van der Waals surface area contributed by atoms with E-state index in [0.29, 0.717) is 17.4 Å². The second kappa shape index (κ2) is 6.06. The van der Waals surface area contributed by atoms with Crippen LogP contribution in [0.3, 0.4) is 0 Å². The van der Waals surface area contributed by atoms with Crippen LogP contribution in [0.1, 0.15) is 6.92 Å². The highest BCUT2D eigenvalue weighted by Gasteiger charge is 2.15. The first-order chi connectivity index (χ1) is 9.51. The second-order valence-electron chi connectivity index (χ2n) is 3.88. The van der Waals surface area contributed by atoms with Crippen LogP contribution in [0.25, 0.3) is 0 Å². The molecule has 0 saturated heterocycles. The highest BCUT2D eigenvalue weighted by atomic mass is 35.5. The zero-order chi connectivity index (χ0) is 14.6. The number of nitrogens with one attached hydrogen (secondary N) is 2. The van der Waals surface area contributed by atoms with Gasteiger partial charge in [0.1, 0.15) is 16.5 Å². The highest BCUT2D eigenvalue weighted by molar-refractivity contribution is 7.92. The number of nitrogens with zero attached hydrogens (tertiary/aromatic N) is 2. The van der Waals surface area contributed by atoms with Gasteiger partial charge in [-0.2, -0.15) is 0 Å². The number of sulfonamides is 1. The molecule has 106 valence electrons. The van der Waals surface area contributed by atoms with Crippen molar-refractivity contribution in [3.63, 3.8) is 0 Å². The summed E-state index contributed by atoms with van der Waals surface area (Å²) in [5, 5.41) is 3.42. The third-order valence-electron chi connectivity index (χ3n) is 2.37. The third kappa shape index (κ3) is 3.58. The van der Waals surface area contributed by atoms with Crippen LogP contribution in [-0.2, 0) is 10.0 Å². The molecule has 2 N–H and O–H groups in total. The zero-order valence-electron chi connectivity index (χ0n) is 10.7. The predicted octanol–water partition coefficient (Wildman–Crippen LogP) is 2.36. The number of rotatable bonds is 5. The summed E-state index contributed by atoms with van der Waals surface area (Å²) in [6, 6.07) is 6.12. The van der Waals surface area contributed by atoms with Gasteiger partial charge >= 0.3 is 0 Å².